The number of morpholine rings is 1. The highest BCUT2D eigenvalue weighted by molar-refractivity contribution is 7.10. The number of hydrogen-bond acceptors (Lipinski definition) is 5. The van der Waals surface area contributed by atoms with Crippen LogP contribution in [-0.4, -0.2) is 69.2 Å². The maximum atomic E-state index is 11.7. The van der Waals surface area contributed by atoms with Crippen molar-refractivity contribution < 1.29 is 9.53 Å². The zero-order valence-electron chi connectivity index (χ0n) is 16.1. The van der Waals surface area contributed by atoms with Crippen molar-refractivity contribution in [1.29, 1.82) is 0 Å². The SMILES string of the molecule is CCNC(=NCC(c1cccs1)N1CCOCC1)NCCNC(=O)C1CC1. The molecule has 7 nitrogen and oxygen atoms in total. The van der Waals surface area contributed by atoms with E-state index in [1.807, 2.05) is 0 Å². The van der Waals surface area contributed by atoms with Crippen molar-refractivity contribution in [3.8, 4) is 0 Å². The fourth-order valence-electron chi connectivity index (χ4n) is 3.13. The third kappa shape index (κ3) is 6.48. The molecule has 27 heavy (non-hydrogen) atoms. The second kappa shape index (κ2) is 10.6. The molecule has 1 aromatic heterocycles. The summed E-state index contributed by atoms with van der Waals surface area (Å²) in [5.74, 6) is 1.24. The lowest BCUT2D eigenvalue weighted by Crippen LogP contribution is -2.43. The molecule has 0 radical (unpaired) electrons. The third-order valence-corrected chi connectivity index (χ3v) is 5.76. The molecule has 1 atom stereocenters. The zero-order chi connectivity index (χ0) is 18.9. The Kier molecular flexibility index (Phi) is 7.92. The predicted octanol–water partition coefficient (Wildman–Crippen LogP) is 1.20. The maximum absolute atomic E-state index is 11.7. The van der Waals surface area contributed by atoms with E-state index in [2.05, 4.69) is 45.3 Å². The predicted molar refractivity (Wildman–Crippen MR) is 109 cm³/mol. The van der Waals surface area contributed by atoms with Gasteiger partial charge in [-0.25, -0.2) is 0 Å². The van der Waals surface area contributed by atoms with Crippen LogP contribution < -0.4 is 16.0 Å². The summed E-state index contributed by atoms with van der Waals surface area (Å²) in [4.78, 5) is 20.3. The minimum atomic E-state index is 0.184. The Morgan fingerprint density at radius 3 is 2.74 bits per heavy atom. The van der Waals surface area contributed by atoms with Crippen molar-refractivity contribution in [1.82, 2.24) is 20.9 Å². The first-order valence-corrected chi connectivity index (χ1v) is 10.8. The van der Waals surface area contributed by atoms with E-state index in [9.17, 15) is 4.79 Å². The van der Waals surface area contributed by atoms with Crippen molar-refractivity contribution in [3.05, 3.63) is 22.4 Å². The molecule has 2 fully saturated rings. The Morgan fingerprint density at radius 1 is 1.30 bits per heavy atom. The number of rotatable bonds is 9. The highest BCUT2D eigenvalue weighted by Gasteiger charge is 2.29. The summed E-state index contributed by atoms with van der Waals surface area (Å²) in [5.41, 5.74) is 0. The molecule has 3 rings (SSSR count). The van der Waals surface area contributed by atoms with Crippen LogP contribution in [0.1, 0.15) is 30.7 Å². The molecule has 0 bridgehead atoms. The molecular weight excluding hydrogens is 362 g/mol. The van der Waals surface area contributed by atoms with Gasteiger partial charge < -0.3 is 20.7 Å². The first-order valence-electron chi connectivity index (χ1n) is 9.93. The molecule has 150 valence electrons. The second-order valence-electron chi connectivity index (χ2n) is 6.89. The third-order valence-electron chi connectivity index (χ3n) is 4.79. The van der Waals surface area contributed by atoms with Gasteiger partial charge in [0.2, 0.25) is 5.91 Å². The van der Waals surface area contributed by atoms with Crippen LogP contribution in [0.2, 0.25) is 0 Å². The summed E-state index contributed by atoms with van der Waals surface area (Å²) < 4.78 is 5.50. The molecule has 0 spiro atoms. The summed E-state index contributed by atoms with van der Waals surface area (Å²) in [6, 6.07) is 4.57. The van der Waals surface area contributed by atoms with Gasteiger partial charge >= 0.3 is 0 Å². The van der Waals surface area contributed by atoms with E-state index >= 15 is 0 Å². The lowest BCUT2D eigenvalue weighted by atomic mass is 10.2. The normalized spacial score (nSPS) is 19.5. The molecule has 1 aliphatic carbocycles. The molecule has 0 aromatic carbocycles. The lowest BCUT2D eigenvalue weighted by molar-refractivity contribution is -0.122. The molecular formula is C19H31N5O2S. The Balaban J connectivity index is 1.52. The monoisotopic (exact) mass is 393 g/mol. The van der Waals surface area contributed by atoms with E-state index < -0.39 is 0 Å². The average Bonchev–Trinajstić information content (AvgIpc) is 3.42. The standard InChI is InChI=1S/C19H31N5O2S/c1-2-20-19(22-8-7-21-18(25)15-5-6-15)23-14-16(17-4-3-13-27-17)24-9-11-26-12-10-24/h3-4,13,15-16H,2,5-12,14H2,1H3,(H,21,25)(H2,20,22,23). The van der Waals surface area contributed by atoms with Crippen molar-refractivity contribution >= 4 is 23.2 Å². The number of nitrogens with one attached hydrogen (secondary N) is 3. The van der Waals surface area contributed by atoms with Gasteiger partial charge in [0.25, 0.3) is 0 Å². The van der Waals surface area contributed by atoms with Gasteiger partial charge in [0.05, 0.1) is 25.8 Å². The Morgan fingerprint density at radius 2 is 2.07 bits per heavy atom. The van der Waals surface area contributed by atoms with Gasteiger partial charge in [-0.3, -0.25) is 14.7 Å². The molecule has 2 heterocycles. The molecule has 1 aliphatic heterocycles. The summed E-state index contributed by atoms with van der Waals surface area (Å²) >= 11 is 1.78. The van der Waals surface area contributed by atoms with Gasteiger partial charge in [0.1, 0.15) is 0 Å². The number of amides is 1. The molecule has 8 heteroatoms. The topological polar surface area (TPSA) is 78.0 Å². The molecule has 1 saturated carbocycles. The minimum absolute atomic E-state index is 0.184. The number of thiophene rings is 1. The van der Waals surface area contributed by atoms with E-state index in [0.29, 0.717) is 19.6 Å². The van der Waals surface area contributed by atoms with Crippen LogP contribution in [0.4, 0.5) is 0 Å². The second-order valence-corrected chi connectivity index (χ2v) is 7.87. The quantitative estimate of drug-likeness (QED) is 0.334. The molecule has 2 aliphatic rings. The van der Waals surface area contributed by atoms with Crippen LogP contribution in [-0.2, 0) is 9.53 Å². The van der Waals surface area contributed by atoms with Crippen molar-refractivity contribution in [2.45, 2.75) is 25.8 Å². The molecule has 1 saturated heterocycles. The number of ether oxygens (including phenoxy) is 1. The number of carbonyl (C=O) groups is 1. The van der Waals surface area contributed by atoms with Crippen LogP contribution in [0.5, 0.6) is 0 Å². The van der Waals surface area contributed by atoms with E-state index in [0.717, 1.165) is 51.6 Å². The number of guanidine groups is 1. The number of aliphatic imine (C=N–C) groups is 1. The van der Waals surface area contributed by atoms with Crippen LogP contribution in [0.15, 0.2) is 22.5 Å². The molecule has 1 unspecified atom stereocenters. The fourth-order valence-corrected chi connectivity index (χ4v) is 3.98. The fraction of sp³-hybridized carbons (Fsp3) is 0.684. The average molecular weight is 394 g/mol. The number of carbonyl (C=O) groups excluding carboxylic acids is 1. The van der Waals surface area contributed by atoms with Gasteiger partial charge in [0, 0.05) is 43.5 Å². The van der Waals surface area contributed by atoms with E-state index in [1.165, 1.54) is 4.88 Å². The largest absolute Gasteiger partial charge is 0.379 e. The Bertz CT molecular complexity index is 597. The minimum Gasteiger partial charge on any atom is -0.379 e. The van der Waals surface area contributed by atoms with E-state index in [1.54, 1.807) is 11.3 Å². The number of nitrogens with zero attached hydrogens (tertiary/aromatic N) is 2. The Hall–Kier alpha value is -1.64. The zero-order valence-corrected chi connectivity index (χ0v) is 16.9. The van der Waals surface area contributed by atoms with Crippen molar-refractivity contribution in [3.63, 3.8) is 0 Å². The maximum Gasteiger partial charge on any atom is 0.223 e. The summed E-state index contributed by atoms with van der Waals surface area (Å²) in [6.07, 6.45) is 2.07. The van der Waals surface area contributed by atoms with Gasteiger partial charge in [-0.05, 0) is 31.2 Å². The smallest absolute Gasteiger partial charge is 0.223 e. The van der Waals surface area contributed by atoms with Crippen molar-refractivity contribution in [2.75, 3.05) is 52.5 Å². The van der Waals surface area contributed by atoms with Gasteiger partial charge in [-0.1, -0.05) is 6.07 Å². The highest BCUT2D eigenvalue weighted by Crippen LogP contribution is 2.28. The summed E-state index contributed by atoms with van der Waals surface area (Å²) in [5, 5.41) is 11.7. The highest BCUT2D eigenvalue weighted by atomic mass is 32.1. The van der Waals surface area contributed by atoms with Crippen LogP contribution in [0.25, 0.3) is 0 Å². The molecule has 3 N–H and O–H groups in total. The first-order chi connectivity index (χ1) is 13.3. The van der Waals surface area contributed by atoms with Gasteiger partial charge in [-0.15, -0.1) is 11.3 Å². The van der Waals surface area contributed by atoms with Crippen LogP contribution in [0, 0.1) is 5.92 Å². The van der Waals surface area contributed by atoms with E-state index in [4.69, 9.17) is 9.73 Å². The van der Waals surface area contributed by atoms with Gasteiger partial charge in [0.15, 0.2) is 5.96 Å². The first kappa shape index (κ1) is 20.1. The van der Waals surface area contributed by atoms with E-state index in [-0.39, 0.29) is 17.9 Å². The summed E-state index contributed by atoms with van der Waals surface area (Å²) in [6.45, 7) is 8.30. The Labute approximate surface area is 165 Å². The van der Waals surface area contributed by atoms with Crippen LogP contribution in [0.3, 0.4) is 0 Å². The lowest BCUT2D eigenvalue weighted by Gasteiger charge is -2.33. The molecule has 1 aromatic rings. The van der Waals surface area contributed by atoms with Crippen molar-refractivity contribution in [2.24, 2.45) is 10.9 Å². The molecule has 1 amide bonds. The number of hydrogen-bond donors (Lipinski definition) is 3. The summed E-state index contributed by atoms with van der Waals surface area (Å²) in [7, 11) is 0. The van der Waals surface area contributed by atoms with Gasteiger partial charge in [-0.2, -0.15) is 0 Å². The van der Waals surface area contributed by atoms with Crippen LogP contribution >= 0.6 is 11.3 Å².